The number of carbonyl (C=O) groups excluding carboxylic acids is 1. The lowest BCUT2D eigenvalue weighted by atomic mass is 10.1. The minimum absolute atomic E-state index is 0.248. The van der Waals surface area contributed by atoms with Crippen LogP contribution in [0.1, 0.15) is 34.2 Å². The Bertz CT molecular complexity index is 1130. The third-order valence-electron chi connectivity index (χ3n) is 4.44. The minimum atomic E-state index is -0.656. The van der Waals surface area contributed by atoms with Gasteiger partial charge in [-0.15, -0.1) is 21.5 Å². The third kappa shape index (κ3) is 3.36. The second kappa shape index (κ2) is 7.44. The molecule has 4 aromatic rings. The maximum atomic E-state index is 12.7. The van der Waals surface area contributed by atoms with Crippen LogP contribution >= 0.6 is 11.3 Å². The molecule has 2 aromatic carbocycles. The van der Waals surface area contributed by atoms with Crippen LogP contribution < -0.4 is 4.74 Å². The predicted molar refractivity (Wildman–Crippen MR) is 107 cm³/mol. The molecule has 0 aliphatic rings. The number of thiophene rings is 1. The summed E-state index contributed by atoms with van der Waals surface area (Å²) in [6.45, 7) is 3.64. The Kier molecular flexibility index (Phi) is 4.83. The first-order valence-electron chi connectivity index (χ1n) is 8.73. The van der Waals surface area contributed by atoms with E-state index in [1.807, 2.05) is 55.5 Å². The van der Waals surface area contributed by atoms with Crippen LogP contribution in [0.3, 0.4) is 0 Å². The summed E-state index contributed by atoms with van der Waals surface area (Å²) in [5.74, 6) is 0.955. The molecule has 0 aliphatic carbocycles. The highest BCUT2D eigenvalue weighted by molar-refractivity contribution is 7.21. The normalized spacial score (nSPS) is 12.1. The van der Waals surface area contributed by atoms with Gasteiger partial charge < -0.3 is 13.9 Å². The molecule has 4 rings (SSSR count). The summed E-state index contributed by atoms with van der Waals surface area (Å²) in [5, 5.41) is 9.14. The van der Waals surface area contributed by atoms with Crippen LogP contribution in [0, 0.1) is 6.92 Å². The van der Waals surface area contributed by atoms with Crippen molar-refractivity contribution in [3.8, 4) is 17.2 Å². The number of ether oxygens (including phenoxy) is 2. The topological polar surface area (TPSA) is 74.5 Å². The molecule has 0 spiro atoms. The van der Waals surface area contributed by atoms with E-state index in [9.17, 15) is 4.79 Å². The van der Waals surface area contributed by atoms with E-state index in [0.29, 0.717) is 10.8 Å². The summed E-state index contributed by atoms with van der Waals surface area (Å²) >= 11 is 1.42. The fraction of sp³-hybridized carbons (Fsp3) is 0.190. The number of aryl methyl sites for hydroxylation is 1. The lowest BCUT2D eigenvalue weighted by Gasteiger charge is -2.08. The van der Waals surface area contributed by atoms with E-state index in [1.165, 1.54) is 11.3 Å². The molecule has 2 aromatic heterocycles. The monoisotopic (exact) mass is 394 g/mol. The first-order valence-corrected chi connectivity index (χ1v) is 9.55. The molecule has 1 atom stereocenters. The van der Waals surface area contributed by atoms with Crippen LogP contribution in [-0.2, 0) is 4.74 Å². The molecular weight excluding hydrogens is 376 g/mol. The van der Waals surface area contributed by atoms with Crippen LogP contribution in [0.5, 0.6) is 5.75 Å². The Hall–Kier alpha value is -3.19. The Morgan fingerprint density at radius 2 is 1.86 bits per heavy atom. The largest absolute Gasteiger partial charge is 0.497 e. The standard InChI is InChI=1S/C21H18N2O4S/c1-12-16-6-4-5-7-17(16)28-18(12)21(24)26-13(2)19-22-23-20(27-19)14-8-10-15(25-3)11-9-14/h4-11,13H,1-3H3. The number of aromatic nitrogens is 2. The van der Waals surface area contributed by atoms with Gasteiger partial charge >= 0.3 is 5.97 Å². The van der Waals surface area contributed by atoms with Crippen molar-refractivity contribution in [3.05, 3.63) is 64.9 Å². The van der Waals surface area contributed by atoms with Gasteiger partial charge in [-0.25, -0.2) is 4.79 Å². The van der Waals surface area contributed by atoms with Crippen LogP contribution in [0.2, 0.25) is 0 Å². The van der Waals surface area contributed by atoms with Gasteiger partial charge in [-0.1, -0.05) is 18.2 Å². The number of benzene rings is 2. The number of carbonyl (C=O) groups is 1. The van der Waals surface area contributed by atoms with E-state index in [4.69, 9.17) is 13.9 Å². The summed E-state index contributed by atoms with van der Waals surface area (Å²) in [6, 6.07) is 15.2. The molecule has 0 amide bonds. The first kappa shape index (κ1) is 18.2. The Labute approximate surface area is 165 Å². The van der Waals surface area contributed by atoms with Crippen molar-refractivity contribution in [3.63, 3.8) is 0 Å². The molecule has 0 bridgehead atoms. The molecule has 0 fully saturated rings. The van der Waals surface area contributed by atoms with E-state index in [-0.39, 0.29) is 5.89 Å². The summed E-state index contributed by atoms with van der Waals surface area (Å²) in [7, 11) is 1.61. The lowest BCUT2D eigenvalue weighted by Crippen LogP contribution is -2.09. The second-order valence-electron chi connectivity index (χ2n) is 6.27. The van der Waals surface area contributed by atoms with E-state index >= 15 is 0 Å². The highest BCUT2D eigenvalue weighted by Gasteiger charge is 2.23. The third-order valence-corrected chi connectivity index (χ3v) is 5.69. The summed E-state index contributed by atoms with van der Waals surface area (Å²) in [4.78, 5) is 13.2. The zero-order chi connectivity index (χ0) is 19.7. The number of rotatable bonds is 5. The molecule has 142 valence electrons. The molecule has 0 saturated heterocycles. The Morgan fingerprint density at radius 1 is 1.11 bits per heavy atom. The van der Waals surface area contributed by atoms with Crippen molar-refractivity contribution in [2.75, 3.05) is 7.11 Å². The molecule has 7 heteroatoms. The number of methoxy groups -OCH3 is 1. The van der Waals surface area contributed by atoms with Gasteiger partial charge in [0.25, 0.3) is 5.89 Å². The van der Waals surface area contributed by atoms with Crippen molar-refractivity contribution in [2.24, 2.45) is 0 Å². The van der Waals surface area contributed by atoms with Crippen molar-refractivity contribution in [1.82, 2.24) is 10.2 Å². The summed E-state index contributed by atoms with van der Waals surface area (Å²) in [6.07, 6.45) is -0.656. The van der Waals surface area contributed by atoms with Crippen LogP contribution in [-0.4, -0.2) is 23.3 Å². The highest BCUT2D eigenvalue weighted by Crippen LogP contribution is 2.32. The van der Waals surface area contributed by atoms with Crippen LogP contribution in [0.15, 0.2) is 52.9 Å². The minimum Gasteiger partial charge on any atom is -0.497 e. The maximum Gasteiger partial charge on any atom is 0.349 e. The van der Waals surface area contributed by atoms with Crippen molar-refractivity contribution < 1.29 is 18.7 Å². The zero-order valence-corrected chi connectivity index (χ0v) is 16.4. The van der Waals surface area contributed by atoms with Crippen molar-refractivity contribution >= 4 is 27.4 Å². The van der Waals surface area contributed by atoms with Gasteiger partial charge in [0.2, 0.25) is 5.89 Å². The van der Waals surface area contributed by atoms with E-state index < -0.39 is 12.1 Å². The lowest BCUT2D eigenvalue weighted by molar-refractivity contribution is 0.0285. The van der Waals surface area contributed by atoms with Gasteiger partial charge in [0.1, 0.15) is 10.6 Å². The summed E-state index contributed by atoms with van der Waals surface area (Å²) < 4.78 is 17.5. The average molecular weight is 394 g/mol. The number of nitrogens with zero attached hydrogens (tertiary/aromatic N) is 2. The number of esters is 1. The Balaban J connectivity index is 1.51. The van der Waals surface area contributed by atoms with Gasteiger partial charge in [0.15, 0.2) is 6.10 Å². The van der Waals surface area contributed by atoms with E-state index in [1.54, 1.807) is 14.0 Å². The quantitative estimate of drug-likeness (QED) is 0.434. The maximum absolute atomic E-state index is 12.7. The fourth-order valence-corrected chi connectivity index (χ4v) is 3.97. The van der Waals surface area contributed by atoms with E-state index in [0.717, 1.165) is 27.0 Å². The second-order valence-corrected chi connectivity index (χ2v) is 7.33. The smallest absolute Gasteiger partial charge is 0.349 e. The number of fused-ring (bicyclic) bond motifs is 1. The van der Waals surface area contributed by atoms with E-state index in [2.05, 4.69) is 10.2 Å². The SMILES string of the molecule is COc1ccc(-c2nnc(C(C)OC(=O)c3sc4ccccc4c3C)o2)cc1. The molecule has 0 N–H and O–H groups in total. The molecule has 1 unspecified atom stereocenters. The molecular formula is C21H18N2O4S. The number of hydrogen-bond acceptors (Lipinski definition) is 7. The molecule has 28 heavy (non-hydrogen) atoms. The van der Waals surface area contributed by atoms with Gasteiger partial charge in [0.05, 0.1) is 7.11 Å². The number of hydrogen-bond donors (Lipinski definition) is 0. The molecule has 0 saturated carbocycles. The van der Waals surface area contributed by atoms with Gasteiger partial charge in [-0.05, 0) is 55.1 Å². The molecule has 0 radical (unpaired) electrons. The Morgan fingerprint density at radius 3 is 2.57 bits per heavy atom. The molecule has 6 nitrogen and oxygen atoms in total. The van der Waals surface area contributed by atoms with Crippen LogP contribution in [0.25, 0.3) is 21.5 Å². The first-order chi connectivity index (χ1) is 13.6. The molecule has 2 heterocycles. The van der Waals surface area contributed by atoms with Gasteiger partial charge in [-0.3, -0.25) is 0 Å². The van der Waals surface area contributed by atoms with Gasteiger partial charge in [-0.2, -0.15) is 0 Å². The fourth-order valence-electron chi connectivity index (χ4n) is 2.88. The summed E-state index contributed by atoms with van der Waals surface area (Å²) in [5.41, 5.74) is 1.68. The average Bonchev–Trinajstić information content (AvgIpc) is 3.34. The zero-order valence-electron chi connectivity index (χ0n) is 15.6. The van der Waals surface area contributed by atoms with Crippen molar-refractivity contribution in [2.45, 2.75) is 20.0 Å². The predicted octanol–water partition coefficient (Wildman–Crippen LogP) is 5.19. The molecule has 0 aliphatic heterocycles. The van der Waals surface area contributed by atoms with Crippen molar-refractivity contribution in [1.29, 1.82) is 0 Å². The van der Waals surface area contributed by atoms with Gasteiger partial charge in [0, 0.05) is 10.3 Å². The highest BCUT2D eigenvalue weighted by atomic mass is 32.1. The van der Waals surface area contributed by atoms with Crippen LogP contribution in [0.4, 0.5) is 0 Å².